The summed E-state index contributed by atoms with van der Waals surface area (Å²) in [5.41, 5.74) is 4.00. The molecular weight excluding hydrogens is 289 g/mol. The lowest BCUT2D eigenvalue weighted by Gasteiger charge is -2.24. The summed E-state index contributed by atoms with van der Waals surface area (Å²) in [5, 5.41) is 9.59. The number of aryl methyl sites for hydroxylation is 1. The van der Waals surface area contributed by atoms with Crippen molar-refractivity contribution < 1.29 is 4.39 Å². The lowest BCUT2D eigenvalue weighted by atomic mass is 10.2. The van der Waals surface area contributed by atoms with E-state index in [1.807, 2.05) is 28.7 Å². The minimum absolute atomic E-state index is 0.230. The minimum Gasteiger partial charge on any atom is -0.310 e. The number of nitrogens with one attached hydrogen (secondary N) is 1. The molecule has 1 aliphatic heterocycles. The van der Waals surface area contributed by atoms with Crippen molar-refractivity contribution in [3.8, 4) is 0 Å². The van der Waals surface area contributed by atoms with Crippen LogP contribution < -0.4 is 5.32 Å². The molecule has 0 saturated carbocycles. The zero-order valence-corrected chi connectivity index (χ0v) is 12.9. The smallest absolute Gasteiger partial charge is 0.114 e. The predicted octanol–water partition coefficient (Wildman–Crippen LogP) is 1.58. The van der Waals surface area contributed by atoms with Crippen molar-refractivity contribution in [2.24, 2.45) is 7.05 Å². The molecule has 0 unspecified atom stereocenters. The Morgan fingerprint density at radius 3 is 3.14 bits per heavy atom. The molecule has 0 aromatic carbocycles. The van der Waals surface area contributed by atoms with E-state index in [1.54, 1.807) is 17.5 Å². The quantitative estimate of drug-likeness (QED) is 0.880. The van der Waals surface area contributed by atoms with Crippen LogP contribution in [0.3, 0.4) is 0 Å². The van der Waals surface area contributed by atoms with Crippen LogP contribution in [0, 0.1) is 0 Å². The van der Waals surface area contributed by atoms with Gasteiger partial charge < -0.3 is 5.32 Å². The van der Waals surface area contributed by atoms with E-state index in [4.69, 9.17) is 0 Å². The van der Waals surface area contributed by atoms with Gasteiger partial charge in [0.15, 0.2) is 0 Å². The maximum absolute atomic E-state index is 13.8. The second kappa shape index (κ2) is 6.64. The molecule has 114 valence electrons. The summed E-state index contributed by atoms with van der Waals surface area (Å²) in [4.78, 5) is 6.45. The number of alkyl halides is 1. The van der Waals surface area contributed by atoms with Gasteiger partial charge in [-0.2, -0.15) is 5.10 Å². The van der Waals surface area contributed by atoms with Gasteiger partial charge in [0.25, 0.3) is 0 Å². The number of nitrogens with zero attached hydrogens (tertiary/aromatic N) is 4. The largest absolute Gasteiger partial charge is 0.310 e. The maximum Gasteiger partial charge on any atom is 0.114 e. The van der Waals surface area contributed by atoms with Gasteiger partial charge in [-0.25, -0.2) is 9.37 Å². The molecule has 2 aromatic rings. The number of aromatic nitrogens is 3. The molecule has 1 fully saturated rings. The number of likely N-dealkylation sites (tertiary alicyclic amines) is 1. The van der Waals surface area contributed by atoms with Crippen molar-refractivity contribution in [3.63, 3.8) is 0 Å². The first-order valence-corrected chi connectivity index (χ1v) is 8.09. The Hall–Kier alpha value is -1.31. The molecule has 7 heteroatoms. The Morgan fingerprint density at radius 1 is 1.52 bits per heavy atom. The number of hydrogen-bond acceptors (Lipinski definition) is 5. The number of hydrogen-bond donors (Lipinski definition) is 1. The molecule has 0 bridgehead atoms. The van der Waals surface area contributed by atoms with Gasteiger partial charge in [-0.1, -0.05) is 0 Å². The molecule has 1 saturated heterocycles. The molecule has 0 aliphatic carbocycles. The Bertz CT molecular complexity index is 555. The van der Waals surface area contributed by atoms with E-state index < -0.39 is 6.17 Å². The van der Waals surface area contributed by atoms with Crippen LogP contribution >= 0.6 is 11.3 Å². The predicted molar refractivity (Wildman–Crippen MR) is 80.7 cm³/mol. The van der Waals surface area contributed by atoms with E-state index in [0.717, 1.165) is 31.0 Å². The third kappa shape index (κ3) is 3.66. The highest BCUT2D eigenvalue weighted by Crippen LogP contribution is 2.22. The molecule has 2 aromatic heterocycles. The number of halogens is 1. The summed E-state index contributed by atoms with van der Waals surface area (Å²) in [7, 11) is 1.92. The van der Waals surface area contributed by atoms with Gasteiger partial charge in [-0.05, 0) is 12.5 Å². The standard InChI is InChI=1S/C14H20FN5S/c1-19-13(2-3-18-19)8-20-7-11(15)4-14(20)6-16-5-12-9-21-10-17-12/h2-3,9-11,14,16H,4-8H2,1H3/t11-,14-/m0/s1. The first kappa shape index (κ1) is 14.6. The molecule has 2 atom stereocenters. The van der Waals surface area contributed by atoms with Crippen molar-refractivity contribution in [2.75, 3.05) is 13.1 Å². The monoisotopic (exact) mass is 309 g/mol. The van der Waals surface area contributed by atoms with E-state index >= 15 is 0 Å². The fraction of sp³-hybridized carbons (Fsp3) is 0.571. The summed E-state index contributed by atoms with van der Waals surface area (Å²) < 4.78 is 15.6. The lowest BCUT2D eigenvalue weighted by Crippen LogP contribution is -2.37. The summed E-state index contributed by atoms with van der Waals surface area (Å²) >= 11 is 1.60. The Morgan fingerprint density at radius 2 is 2.43 bits per heavy atom. The van der Waals surface area contributed by atoms with Gasteiger partial charge in [0.05, 0.1) is 16.9 Å². The van der Waals surface area contributed by atoms with Gasteiger partial charge in [0.2, 0.25) is 0 Å². The van der Waals surface area contributed by atoms with E-state index in [0.29, 0.717) is 13.0 Å². The van der Waals surface area contributed by atoms with Gasteiger partial charge >= 0.3 is 0 Å². The first-order valence-electron chi connectivity index (χ1n) is 7.15. The van der Waals surface area contributed by atoms with Crippen LogP contribution in [0.5, 0.6) is 0 Å². The van der Waals surface area contributed by atoms with E-state index in [9.17, 15) is 4.39 Å². The SMILES string of the molecule is Cn1nccc1CN1C[C@@H](F)C[C@H]1CNCc1cscn1. The van der Waals surface area contributed by atoms with Crippen molar-refractivity contribution in [1.82, 2.24) is 25.0 Å². The number of rotatable bonds is 6. The molecule has 0 spiro atoms. The van der Waals surface area contributed by atoms with Gasteiger partial charge in [0.1, 0.15) is 6.17 Å². The van der Waals surface area contributed by atoms with Gasteiger partial charge in [-0.3, -0.25) is 9.58 Å². The van der Waals surface area contributed by atoms with Crippen LogP contribution in [0.4, 0.5) is 4.39 Å². The molecule has 1 aliphatic rings. The van der Waals surface area contributed by atoms with Gasteiger partial charge in [-0.15, -0.1) is 11.3 Å². The normalized spacial score (nSPS) is 23.0. The van der Waals surface area contributed by atoms with Crippen LogP contribution in [-0.2, 0) is 20.1 Å². The lowest BCUT2D eigenvalue weighted by molar-refractivity contribution is 0.224. The van der Waals surface area contributed by atoms with Crippen LogP contribution in [0.15, 0.2) is 23.2 Å². The average molecular weight is 309 g/mol. The van der Waals surface area contributed by atoms with E-state index in [1.165, 1.54) is 0 Å². The van der Waals surface area contributed by atoms with Crippen LogP contribution in [-0.4, -0.2) is 45.0 Å². The summed E-state index contributed by atoms with van der Waals surface area (Å²) in [6.45, 7) is 2.79. The zero-order chi connectivity index (χ0) is 14.7. The van der Waals surface area contributed by atoms with Crippen LogP contribution in [0.25, 0.3) is 0 Å². The molecular formula is C14H20FN5S. The highest BCUT2D eigenvalue weighted by Gasteiger charge is 2.32. The molecule has 5 nitrogen and oxygen atoms in total. The molecule has 3 rings (SSSR count). The molecule has 0 amide bonds. The summed E-state index contributed by atoms with van der Waals surface area (Å²) in [6, 6.07) is 2.22. The summed E-state index contributed by atoms with van der Waals surface area (Å²) in [5.74, 6) is 0. The second-order valence-corrected chi connectivity index (χ2v) is 6.19. The minimum atomic E-state index is -0.732. The zero-order valence-electron chi connectivity index (χ0n) is 12.1. The Kier molecular flexibility index (Phi) is 4.62. The van der Waals surface area contributed by atoms with Crippen molar-refractivity contribution in [3.05, 3.63) is 34.5 Å². The van der Waals surface area contributed by atoms with Crippen molar-refractivity contribution >= 4 is 11.3 Å². The average Bonchev–Trinajstić information content (AvgIpc) is 3.15. The summed E-state index contributed by atoms with van der Waals surface area (Å²) in [6.07, 6.45) is 1.65. The van der Waals surface area contributed by atoms with Crippen LogP contribution in [0.2, 0.25) is 0 Å². The fourth-order valence-electron chi connectivity index (χ4n) is 2.78. The Labute approximate surface area is 127 Å². The second-order valence-electron chi connectivity index (χ2n) is 5.47. The first-order chi connectivity index (χ1) is 10.2. The van der Waals surface area contributed by atoms with E-state index in [2.05, 4.69) is 20.3 Å². The molecule has 1 N–H and O–H groups in total. The highest BCUT2D eigenvalue weighted by molar-refractivity contribution is 7.07. The molecule has 0 radical (unpaired) electrons. The number of thiazole rings is 1. The van der Waals surface area contributed by atoms with Crippen molar-refractivity contribution in [1.29, 1.82) is 0 Å². The third-order valence-electron chi connectivity index (χ3n) is 3.93. The van der Waals surface area contributed by atoms with Crippen LogP contribution in [0.1, 0.15) is 17.8 Å². The van der Waals surface area contributed by atoms with E-state index in [-0.39, 0.29) is 6.04 Å². The maximum atomic E-state index is 13.8. The molecule has 3 heterocycles. The van der Waals surface area contributed by atoms with Gasteiger partial charge in [0, 0.05) is 50.8 Å². The van der Waals surface area contributed by atoms with Crippen molar-refractivity contribution in [2.45, 2.75) is 31.7 Å². The topological polar surface area (TPSA) is 46.0 Å². The molecule has 21 heavy (non-hydrogen) atoms. The third-order valence-corrected chi connectivity index (χ3v) is 4.57. The Balaban J connectivity index is 1.53. The fourth-order valence-corrected chi connectivity index (χ4v) is 3.34. The highest BCUT2D eigenvalue weighted by atomic mass is 32.1.